The largest absolute Gasteiger partial charge is 0.278 e. The van der Waals surface area contributed by atoms with Crippen LogP contribution >= 0.6 is 0 Å². The van der Waals surface area contributed by atoms with E-state index in [-0.39, 0.29) is 35.5 Å². The van der Waals surface area contributed by atoms with Gasteiger partial charge in [0.2, 0.25) is 23.6 Å². The van der Waals surface area contributed by atoms with Crippen LogP contribution in [0.15, 0.2) is 121 Å². The van der Waals surface area contributed by atoms with Gasteiger partial charge in [-0.1, -0.05) is 121 Å². The molecule has 0 N–H and O–H groups in total. The van der Waals surface area contributed by atoms with Crippen molar-refractivity contribution in [1.82, 2.24) is 9.80 Å². The molecule has 2 heterocycles. The van der Waals surface area contributed by atoms with Crippen LogP contribution in [0.3, 0.4) is 0 Å². The lowest BCUT2D eigenvalue weighted by atomic mass is 9.97. The van der Waals surface area contributed by atoms with Gasteiger partial charge in [0.15, 0.2) is 0 Å². The van der Waals surface area contributed by atoms with Gasteiger partial charge in [0, 0.05) is 12.8 Å². The highest BCUT2D eigenvalue weighted by Crippen LogP contribution is 2.66. The molecule has 4 aromatic carbocycles. The topological polar surface area (TPSA) is 74.8 Å². The van der Waals surface area contributed by atoms with Gasteiger partial charge < -0.3 is 0 Å². The van der Waals surface area contributed by atoms with Gasteiger partial charge in [0.05, 0.1) is 23.9 Å². The minimum atomic E-state index is -0.465. The van der Waals surface area contributed by atoms with Crippen LogP contribution in [0.5, 0.6) is 0 Å². The minimum absolute atomic E-state index is 0.00945. The molecule has 8 rings (SSSR count). The first-order valence-electron chi connectivity index (χ1n) is 15.3. The van der Waals surface area contributed by atoms with Gasteiger partial charge in [-0.15, -0.1) is 0 Å². The van der Waals surface area contributed by atoms with Gasteiger partial charge in [0.1, 0.15) is 0 Å². The smallest absolute Gasteiger partial charge is 0.236 e. The first-order valence-corrected chi connectivity index (χ1v) is 15.3. The van der Waals surface area contributed by atoms with E-state index in [0.29, 0.717) is 25.9 Å². The Morgan fingerprint density at radius 2 is 0.795 bits per heavy atom. The Morgan fingerprint density at radius 1 is 0.477 bits per heavy atom. The van der Waals surface area contributed by atoms with Crippen LogP contribution in [0.25, 0.3) is 0 Å². The van der Waals surface area contributed by atoms with E-state index in [9.17, 15) is 19.2 Å². The first kappa shape index (κ1) is 28.0. The van der Waals surface area contributed by atoms with Crippen molar-refractivity contribution in [3.05, 3.63) is 144 Å². The molecule has 4 aromatic rings. The number of carbonyl (C=O) groups excluding carboxylic acids is 4. The molecule has 2 saturated carbocycles. The molecule has 0 bridgehead atoms. The zero-order valence-corrected chi connectivity index (χ0v) is 24.5. The highest BCUT2D eigenvalue weighted by molar-refractivity contribution is 6.09. The van der Waals surface area contributed by atoms with Crippen LogP contribution in [-0.4, -0.2) is 33.4 Å². The molecule has 2 aliphatic carbocycles. The molecular weight excluding hydrogens is 548 g/mol. The van der Waals surface area contributed by atoms with E-state index in [0.717, 1.165) is 24.0 Å². The highest BCUT2D eigenvalue weighted by atomic mass is 16.2. The van der Waals surface area contributed by atoms with Gasteiger partial charge in [-0.05, 0) is 46.9 Å². The van der Waals surface area contributed by atoms with Crippen LogP contribution in [0.1, 0.15) is 59.8 Å². The zero-order valence-electron chi connectivity index (χ0n) is 24.5. The molecule has 44 heavy (non-hydrogen) atoms. The molecule has 4 aliphatic rings. The van der Waals surface area contributed by atoms with Crippen LogP contribution in [-0.2, 0) is 32.3 Å². The summed E-state index contributed by atoms with van der Waals surface area (Å²) in [6.45, 7) is 0.781. The predicted octanol–water partition coefficient (Wildman–Crippen LogP) is 6.24. The Kier molecular flexibility index (Phi) is 7.00. The molecule has 4 fully saturated rings. The number of hydrogen-bond acceptors (Lipinski definition) is 4. The van der Waals surface area contributed by atoms with E-state index < -0.39 is 10.8 Å². The van der Waals surface area contributed by atoms with Crippen molar-refractivity contribution in [1.29, 1.82) is 0 Å². The fraction of sp³-hybridized carbons (Fsp3) is 0.263. The zero-order chi connectivity index (χ0) is 30.3. The summed E-state index contributed by atoms with van der Waals surface area (Å²) in [7, 11) is 0. The molecule has 6 heteroatoms. The number of amides is 4. The molecule has 2 spiro atoms. The van der Waals surface area contributed by atoms with E-state index >= 15 is 0 Å². The fourth-order valence-electron chi connectivity index (χ4n) is 7.22. The van der Waals surface area contributed by atoms with Crippen LogP contribution in [0.4, 0.5) is 0 Å². The van der Waals surface area contributed by atoms with E-state index in [1.807, 2.05) is 97.1 Å². The summed E-state index contributed by atoms with van der Waals surface area (Å²) in [4.78, 5) is 53.1. The van der Waals surface area contributed by atoms with Crippen molar-refractivity contribution >= 4 is 23.6 Å². The quantitative estimate of drug-likeness (QED) is 0.252. The lowest BCUT2D eigenvalue weighted by molar-refractivity contribution is -0.142. The average Bonchev–Trinajstić information content (AvgIpc) is 3.95. The summed E-state index contributed by atoms with van der Waals surface area (Å²) < 4.78 is 0. The lowest BCUT2D eigenvalue weighted by Crippen LogP contribution is -2.30. The van der Waals surface area contributed by atoms with Crippen molar-refractivity contribution in [3.8, 4) is 0 Å². The average molecular weight is 583 g/mol. The maximum absolute atomic E-state index is 12.8. The Bertz CT molecular complexity index is 1580. The van der Waals surface area contributed by atoms with Crippen molar-refractivity contribution in [3.63, 3.8) is 0 Å². The molecule has 4 amide bonds. The third-order valence-electron chi connectivity index (χ3n) is 9.80. The van der Waals surface area contributed by atoms with E-state index in [2.05, 4.69) is 24.3 Å². The van der Waals surface area contributed by atoms with E-state index in [1.54, 1.807) is 0 Å². The lowest BCUT2D eigenvalue weighted by Gasteiger charge is -2.15. The second-order valence-electron chi connectivity index (χ2n) is 12.5. The number of carbonyl (C=O) groups is 4. The van der Waals surface area contributed by atoms with Crippen molar-refractivity contribution in [2.24, 2.45) is 10.8 Å². The Labute approximate surface area is 257 Å². The van der Waals surface area contributed by atoms with Crippen molar-refractivity contribution in [2.75, 3.05) is 0 Å². The highest BCUT2D eigenvalue weighted by Gasteiger charge is 2.68. The molecule has 1 unspecified atom stereocenters. The molecule has 4 atom stereocenters. The van der Waals surface area contributed by atoms with Crippen molar-refractivity contribution in [2.45, 2.75) is 50.6 Å². The SMILES string of the molecule is O=C1CC2(C[C@H]2c2ccccc2)C(=O)N1Cc1ccccc1.O=C1C[C@]2(C[C@@H]2c2ccccc2)C(=O)N1Cc1ccccc1. The maximum Gasteiger partial charge on any atom is 0.236 e. The monoisotopic (exact) mass is 582 g/mol. The summed E-state index contributed by atoms with van der Waals surface area (Å²) >= 11 is 0. The summed E-state index contributed by atoms with van der Waals surface area (Å²) in [5.74, 6) is 0.349. The van der Waals surface area contributed by atoms with Gasteiger partial charge in [-0.2, -0.15) is 0 Å². The molecule has 0 aromatic heterocycles. The summed E-state index contributed by atoms with van der Waals surface area (Å²) in [5, 5.41) is 0. The molecule has 2 saturated heterocycles. The fourth-order valence-corrected chi connectivity index (χ4v) is 7.22. The number of rotatable bonds is 6. The number of nitrogens with zero attached hydrogens (tertiary/aromatic N) is 2. The maximum atomic E-state index is 12.8. The molecule has 2 aliphatic heterocycles. The number of hydrogen-bond donors (Lipinski definition) is 0. The Morgan fingerprint density at radius 3 is 1.14 bits per heavy atom. The van der Waals surface area contributed by atoms with Gasteiger partial charge in [-0.3, -0.25) is 29.0 Å². The summed E-state index contributed by atoms with van der Waals surface area (Å²) in [6, 6.07) is 39.5. The number of imide groups is 2. The molecule has 0 radical (unpaired) electrons. The first-order chi connectivity index (χ1) is 21.4. The second kappa shape index (κ2) is 11.0. The Hall–Kier alpha value is -4.84. The van der Waals surface area contributed by atoms with Crippen LogP contribution < -0.4 is 0 Å². The summed E-state index contributed by atoms with van der Waals surface area (Å²) in [6.07, 6.45) is 2.32. The molecule has 6 nitrogen and oxygen atoms in total. The van der Waals surface area contributed by atoms with Gasteiger partial charge in [-0.25, -0.2) is 0 Å². The van der Waals surface area contributed by atoms with E-state index in [1.165, 1.54) is 20.9 Å². The second-order valence-corrected chi connectivity index (χ2v) is 12.5. The normalized spacial score (nSPS) is 26.7. The minimum Gasteiger partial charge on any atom is -0.278 e. The summed E-state index contributed by atoms with van der Waals surface area (Å²) in [5.41, 5.74) is 3.41. The van der Waals surface area contributed by atoms with Crippen LogP contribution in [0, 0.1) is 10.8 Å². The van der Waals surface area contributed by atoms with Gasteiger partial charge >= 0.3 is 0 Å². The third-order valence-corrected chi connectivity index (χ3v) is 9.80. The van der Waals surface area contributed by atoms with E-state index in [4.69, 9.17) is 0 Å². The molecule has 220 valence electrons. The standard InChI is InChI=1S/2C19H17NO2/c2*21-17-12-19(11-16(19)15-9-5-2-6-10-15)18(22)20(17)13-14-7-3-1-4-8-14/h2*1-10,16H,11-13H2/t16-,19?;16-,19+/m01/s1. The van der Waals surface area contributed by atoms with Crippen molar-refractivity contribution < 1.29 is 19.2 Å². The third kappa shape index (κ3) is 4.94. The van der Waals surface area contributed by atoms with Crippen LogP contribution in [0.2, 0.25) is 0 Å². The number of likely N-dealkylation sites (tertiary alicyclic amines) is 2. The predicted molar refractivity (Wildman–Crippen MR) is 166 cm³/mol. The Balaban J connectivity index is 0.000000142. The number of benzene rings is 4. The van der Waals surface area contributed by atoms with Gasteiger partial charge in [0.25, 0.3) is 0 Å². The molecular formula is C38H34N2O4.